The second-order valence-electron chi connectivity index (χ2n) is 6.90. The lowest BCUT2D eigenvalue weighted by Crippen LogP contribution is -2.57. The Hall–Kier alpha value is -2.09. The number of hydrogen-bond donors (Lipinski definition) is 0. The van der Waals surface area contributed by atoms with Gasteiger partial charge >= 0.3 is 6.09 Å². The Morgan fingerprint density at radius 1 is 1.27 bits per heavy atom. The van der Waals surface area contributed by atoms with Crippen LogP contribution in [0.25, 0.3) is 0 Å². The van der Waals surface area contributed by atoms with Crippen molar-refractivity contribution in [1.29, 1.82) is 5.26 Å². The Kier molecular flexibility index (Phi) is 4.15. The molecule has 22 heavy (non-hydrogen) atoms. The fourth-order valence-corrected chi connectivity index (χ4v) is 2.51. The first-order valence-corrected chi connectivity index (χ1v) is 7.31. The first-order valence-electron chi connectivity index (χ1n) is 7.31. The minimum atomic E-state index is -0.744. The zero-order valence-corrected chi connectivity index (χ0v) is 13.4. The standard InChI is InChI=1S/C17H21FN2O2/c1-16(2,3)22-15(21)20-9-13(10-20)17(4,11-19)12-5-7-14(18)8-6-12/h5-8,13H,9-10H2,1-4H3. The molecule has 1 aromatic rings. The third-order valence-corrected chi connectivity index (χ3v) is 4.03. The predicted octanol–water partition coefficient (Wildman–Crippen LogP) is 3.47. The van der Waals surface area contributed by atoms with E-state index in [9.17, 15) is 14.4 Å². The van der Waals surface area contributed by atoms with Crippen LogP contribution in [0.1, 0.15) is 33.3 Å². The lowest BCUT2D eigenvalue weighted by atomic mass is 9.69. The molecular weight excluding hydrogens is 283 g/mol. The van der Waals surface area contributed by atoms with Crippen molar-refractivity contribution in [1.82, 2.24) is 4.90 Å². The van der Waals surface area contributed by atoms with E-state index in [1.165, 1.54) is 12.1 Å². The monoisotopic (exact) mass is 304 g/mol. The quantitative estimate of drug-likeness (QED) is 0.840. The van der Waals surface area contributed by atoms with E-state index in [4.69, 9.17) is 4.74 Å². The van der Waals surface area contributed by atoms with E-state index in [2.05, 4.69) is 6.07 Å². The number of hydrogen-bond acceptors (Lipinski definition) is 3. The zero-order chi connectivity index (χ0) is 16.5. The highest BCUT2D eigenvalue weighted by Crippen LogP contribution is 2.38. The van der Waals surface area contributed by atoms with E-state index in [-0.39, 0.29) is 17.8 Å². The summed E-state index contributed by atoms with van der Waals surface area (Å²) in [6.07, 6.45) is -0.358. The second-order valence-corrected chi connectivity index (χ2v) is 6.90. The van der Waals surface area contributed by atoms with Crippen LogP contribution in [0.15, 0.2) is 24.3 Å². The third kappa shape index (κ3) is 3.22. The highest BCUT2D eigenvalue weighted by atomic mass is 19.1. The van der Waals surface area contributed by atoms with Crippen LogP contribution in [-0.2, 0) is 10.2 Å². The summed E-state index contributed by atoms with van der Waals surface area (Å²) in [6, 6.07) is 8.30. The molecule has 1 fully saturated rings. The van der Waals surface area contributed by atoms with Crippen molar-refractivity contribution >= 4 is 6.09 Å². The molecule has 5 heteroatoms. The highest BCUT2D eigenvalue weighted by Gasteiger charge is 2.46. The number of carbonyl (C=O) groups is 1. The fourth-order valence-electron chi connectivity index (χ4n) is 2.51. The van der Waals surface area contributed by atoms with Gasteiger partial charge in [-0.25, -0.2) is 9.18 Å². The molecule has 1 atom stereocenters. The van der Waals surface area contributed by atoms with Gasteiger partial charge in [-0.2, -0.15) is 5.26 Å². The van der Waals surface area contributed by atoms with Gasteiger partial charge in [0.1, 0.15) is 11.4 Å². The van der Waals surface area contributed by atoms with Crippen molar-refractivity contribution < 1.29 is 13.9 Å². The molecule has 1 saturated heterocycles. The molecule has 1 aliphatic rings. The molecule has 4 nitrogen and oxygen atoms in total. The Balaban J connectivity index is 2.05. The normalized spacial score (nSPS) is 18.1. The van der Waals surface area contributed by atoms with Crippen LogP contribution in [0.3, 0.4) is 0 Å². The molecular formula is C17H21FN2O2. The molecule has 1 unspecified atom stereocenters. The van der Waals surface area contributed by atoms with Crippen molar-refractivity contribution in [2.75, 3.05) is 13.1 Å². The largest absolute Gasteiger partial charge is 0.444 e. The molecule has 1 aromatic carbocycles. The van der Waals surface area contributed by atoms with E-state index in [0.29, 0.717) is 13.1 Å². The molecule has 1 aliphatic heterocycles. The maximum absolute atomic E-state index is 13.0. The van der Waals surface area contributed by atoms with E-state index < -0.39 is 11.0 Å². The molecule has 0 aliphatic carbocycles. The maximum Gasteiger partial charge on any atom is 0.410 e. The summed E-state index contributed by atoms with van der Waals surface area (Å²) in [6.45, 7) is 8.23. The number of likely N-dealkylation sites (tertiary alicyclic amines) is 1. The Morgan fingerprint density at radius 2 is 1.82 bits per heavy atom. The molecule has 1 heterocycles. The van der Waals surface area contributed by atoms with Crippen molar-refractivity contribution in [3.8, 4) is 6.07 Å². The smallest absolute Gasteiger partial charge is 0.410 e. The summed E-state index contributed by atoms with van der Waals surface area (Å²) in [4.78, 5) is 13.5. The molecule has 0 radical (unpaired) electrons. The summed E-state index contributed by atoms with van der Waals surface area (Å²) in [5.41, 5.74) is -0.505. The molecule has 0 bridgehead atoms. The molecule has 2 rings (SSSR count). The summed E-state index contributed by atoms with van der Waals surface area (Å²) in [7, 11) is 0. The summed E-state index contributed by atoms with van der Waals surface area (Å²) in [5, 5.41) is 9.58. The lowest BCUT2D eigenvalue weighted by Gasteiger charge is -2.46. The first kappa shape index (κ1) is 16.3. The van der Waals surface area contributed by atoms with Crippen LogP contribution in [0.4, 0.5) is 9.18 Å². The van der Waals surface area contributed by atoms with Gasteiger partial charge in [-0.05, 0) is 45.4 Å². The first-order chi connectivity index (χ1) is 10.2. The number of benzene rings is 1. The van der Waals surface area contributed by atoms with Gasteiger partial charge in [-0.3, -0.25) is 0 Å². The number of carbonyl (C=O) groups excluding carboxylic acids is 1. The average molecular weight is 304 g/mol. The Morgan fingerprint density at radius 3 is 2.27 bits per heavy atom. The van der Waals surface area contributed by atoms with E-state index in [1.54, 1.807) is 17.0 Å². The molecule has 0 saturated carbocycles. The average Bonchev–Trinajstić information content (AvgIpc) is 2.35. The minimum absolute atomic E-state index is 0.00970. The summed E-state index contributed by atoms with van der Waals surface area (Å²) >= 11 is 0. The van der Waals surface area contributed by atoms with Gasteiger partial charge in [-0.15, -0.1) is 0 Å². The lowest BCUT2D eigenvalue weighted by molar-refractivity contribution is -0.00907. The number of nitriles is 1. The number of rotatable bonds is 2. The number of amides is 1. The van der Waals surface area contributed by atoms with Crippen LogP contribution in [0.2, 0.25) is 0 Å². The van der Waals surface area contributed by atoms with Crippen LogP contribution in [0, 0.1) is 23.1 Å². The second kappa shape index (κ2) is 5.60. The van der Waals surface area contributed by atoms with Gasteiger partial charge in [0.2, 0.25) is 0 Å². The SMILES string of the molecule is CC(C)(C)OC(=O)N1CC(C(C)(C#N)c2ccc(F)cc2)C1. The van der Waals surface area contributed by atoms with Crippen LogP contribution < -0.4 is 0 Å². The zero-order valence-electron chi connectivity index (χ0n) is 13.4. The van der Waals surface area contributed by atoms with Crippen LogP contribution >= 0.6 is 0 Å². The van der Waals surface area contributed by atoms with E-state index >= 15 is 0 Å². The number of ether oxygens (including phenoxy) is 1. The van der Waals surface area contributed by atoms with Gasteiger partial charge in [0.15, 0.2) is 0 Å². The van der Waals surface area contributed by atoms with Crippen molar-refractivity contribution in [3.63, 3.8) is 0 Å². The highest BCUT2D eigenvalue weighted by molar-refractivity contribution is 5.69. The van der Waals surface area contributed by atoms with Crippen LogP contribution in [0.5, 0.6) is 0 Å². The summed E-state index contributed by atoms with van der Waals surface area (Å²) in [5.74, 6) is -0.316. The van der Waals surface area contributed by atoms with Gasteiger partial charge in [-0.1, -0.05) is 12.1 Å². The summed E-state index contributed by atoms with van der Waals surface area (Å²) < 4.78 is 18.4. The Labute approximate surface area is 130 Å². The van der Waals surface area contributed by atoms with Crippen molar-refractivity contribution in [3.05, 3.63) is 35.6 Å². The number of nitrogens with zero attached hydrogens (tertiary/aromatic N) is 2. The van der Waals surface area contributed by atoms with Gasteiger partial charge < -0.3 is 9.64 Å². The van der Waals surface area contributed by atoms with E-state index in [1.807, 2.05) is 27.7 Å². The van der Waals surface area contributed by atoms with Crippen molar-refractivity contribution in [2.24, 2.45) is 5.92 Å². The van der Waals surface area contributed by atoms with Gasteiger partial charge in [0.05, 0.1) is 11.5 Å². The number of halogens is 1. The predicted molar refractivity (Wildman–Crippen MR) is 80.7 cm³/mol. The molecule has 1 amide bonds. The van der Waals surface area contributed by atoms with Crippen LogP contribution in [-0.4, -0.2) is 29.7 Å². The topological polar surface area (TPSA) is 53.3 Å². The molecule has 118 valence electrons. The van der Waals surface area contributed by atoms with E-state index in [0.717, 1.165) is 5.56 Å². The van der Waals surface area contributed by atoms with Gasteiger partial charge in [0, 0.05) is 19.0 Å². The maximum atomic E-state index is 13.0. The molecule has 0 N–H and O–H groups in total. The molecule has 0 aromatic heterocycles. The van der Waals surface area contributed by atoms with Gasteiger partial charge in [0.25, 0.3) is 0 Å². The van der Waals surface area contributed by atoms with Crippen molar-refractivity contribution in [2.45, 2.75) is 38.7 Å². The minimum Gasteiger partial charge on any atom is -0.444 e. The molecule has 0 spiro atoms. The fraction of sp³-hybridized carbons (Fsp3) is 0.529. The third-order valence-electron chi connectivity index (χ3n) is 4.03. The Bertz CT molecular complexity index is 595.